The molecular weight excluding hydrogens is 473 g/mol. The van der Waals surface area contributed by atoms with Crippen LogP contribution in [0.2, 0.25) is 0 Å². The van der Waals surface area contributed by atoms with Gasteiger partial charge in [-0.2, -0.15) is 0 Å². The number of likely N-dealkylation sites (N-methyl/N-ethyl adjacent to an activating group) is 1. The number of benzene rings is 1. The molecule has 0 aliphatic heterocycles. The maximum Gasteiger partial charge on any atom is 0.193 e. The molecule has 0 bridgehead atoms. The monoisotopic (exact) mass is 503 g/mol. The van der Waals surface area contributed by atoms with Crippen molar-refractivity contribution >= 4 is 41.3 Å². The number of nitrogens with one attached hydrogen (secondary N) is 1. The third kappa shape index (κ3) is 6.62. The molecule has 6 nitrogen and oxygen atoms in total. The van der Waals surface area contributed by atoms with Crippen LogP contribution in [0.15, 0.2) is 34.6 Å². The SMILES string of the molecule is CN=C(NCC(c1ccccc1OC)N(C)C)N(C)Cc1csc(C)n1.I. The van der Waals surface area contributed by atoms with Crippen molar-refractivity contribution < 1.29 is 4.74 Å². The van der Waals surface area contributed by atoms with E-state index in [9.17, 15) is 0 Å². The summed E-state index contributed by atoms with van der Waals surface area (Å²) in [4.78, 5) is 13.2. The van der Waals surface area contributed by atoms with Gasteiger partial charge in [0.2, 0.25) is 0 Å². The van der Waals surface area contributed by atoms with Crippen molar-refractivity contribution in [2.45, 2.75) is 19.5 Å². The number of thiazole rings is 1. The Hall–Kier alpha value is -1.39. The van der Waals surface area contributed by atoms with Crippen molar-refractivity contribution in [1.29, 1.82) is 0 Å². The van der Waals surface area contributed by atoms with Gasteiger partial charge < -0.3 is 19.9 Å². The van der Waals surface area contributed by atoms with E-state index in [1.165, 1.54) is 0 Å². The Labute approximate surface area is 183 Å². The van der Waals surface area contributed by atoms with Gasteiger partial charge in [-0.3, -0.25) is 4.99 Å². The van der Waals surface area contributed by atoms with Crippen LogP contribution in [-0.2, 0) is 6.54 Å². The van der Waals surface area contributed by atoms with Gasteiger partial charge in [0.05, 0.1) is 30.4 Å². The number of guanidine groups is 1. The van der Waals surface area contributed by atoms with E-state index in [0.717, 1.165) is 41.1 Å². The highest BCUT2D eigenvalue weighted by molar-refractivity contribution is 14.0. The van der Waals surface area contributed by atoms with Crippen molar-refractivity contribution in [3.05, 3.63) is 45.9 Å². The molecule has 0 radical (unpaired) electrons. The van der Waals surface area contributed by atoms with Gasteiger partial charge in [0.15, 0.2) is 5.96 Å². The predicted molar refractivity (Wildman–Crippen MR) is 125 cm³/mol. The first-order valence-electron chi connectivity index (χ1n) is 8.58. The van der Waals surface area contributed by atoms with Crippen LogP contribution in [-0.4, -0.2) is 62.6 Å². The summed E-state index contributed by atoms with van der Waals surface area (Å²) in [5, 5.41) is 6.66. The average Bonchev–Trinajstić information content (AvgIpc) is 3.03. The third-order valence-corrected chi connectivity index (χ3v) is 5.04. The number of methoxy groups -OCH3 is 1. The van der Waals surface area contributed by atoms with E-state index in [1.54, 1.807) is 25.5 Å². The van der Waals surface area contributed by atoms with Crippen LogP contribution in [0.5, 0.6) is 5.75 Å². The molecule has 0 aliphatic carbocycles. The lowest BCUT2D eigenvalue weighted by Gasteiger charge is -2.29. The molecule has 0 amide bonds. The summed E-state index contributed by atoms with van der Waals surface area (Å²) < 4.78 is 5.54. The molecule has 0 aliphatic rings. The van der Waals surface area contributed by atoms with Gasteiger partial charge in [-0.1, -0.05) is 18.2 Å². The number of ether oxygens (including phenoxy) is 1. The Bertz CT molecular complexity index is 734. The molecule has 0 saturated carbocycles. The predicted octanol–water partition coefficient (Wildman–Crippen LogP) is 3.39. The van der Waals surface area contributed by atoms with Crippen LogP contribution in [0.4, 0.5) is 0 Å². The molecule has 8 heteroatoms. The molecule has 2 aromatic rings. The molecule has 1 unspecified atom stereocenters. The second-order valence-electron chi connectivity index (χ2n) is 6.36. The maximum atomic E-state index is 5.54. The van der Waals surface area contributed by atoms with E-state index in [1.807, 2.05) is 32.2 Å². The molecule has 1 aromatic heterocycles. The molecular formula is C19H30IN5OS. The minimum absolute atomic E-state index is 0. The van der Waals surface area contributed by atoms with Crippen LogP contribution >= 0.6 is 35.3 Å². The first-order valence-corrected chi connectivity index (χ1v) is 9.46. The molecule has 2 rings (SSSR count). The van der Waals surface area contributed by atoms with Crippen molar-refractivity contribution in [3.8, 4) is 5.75 Å². The summed E-state index contributed by atoms with van der Waals surface area (Å²) in [5.41, 5.74) is 2.22. The first kappa shape index (κ1) is 23.6. The smallest absolute Gasteiger partial charge is 0.193 e. The Balaban J connectivity index is 0.00000364. The third-order valence-electron chi connectivity index (χ3n) is 4.21. The zero-order valence-corrected chi connectivity index (χ0v) is 20.0. The van der Waals surface area contributed by atoms with Gasteiger partial charge in [-0.25, -0.2) is 4.98 Å². The molecule has 27 heavy (non-hydrogen) atoms. The second-order valence-corrected chi connectivity index (χ2v) is 7.43. The average molecular weight is 503 g/mol. The normalized spacial score (nSPS) is 12.5. The molecule has 1 aromatic carbocycles. The number of aromatic nitrogens is 1. The number of hydrogen-bond acceptors (Lipinski definition) is 5. The number of aryl methyl sites for hydroxylation is 1. The van der Waals surface area contributed by atoms with Crippen molar-refractivity contribution in [2.24, 2.45) is 4.99 Å². The van der Waals surface area contributed by atoms with Gasteiger partial charge in [0, 0.05) is 31.6 Å². The summed E-state index contributed by atoms with van der Waals surface area (Å²) in [7, 11) is 9.69. The number of halogens is 1. The molecule has 0 spiro atoms. The van der Waals surface area contributed by atoms with E-state index in [0.29, 0.717) is 0 Å². The van der Waals surface area contributed by atoms with E-state index in [-0.39, 0.29) is 30.0 Å². The fourth-order valence-corrected chi connectivity index (χ4v) is 3.49. The lowest BCUT2D eigenvalue weighted by Crippen LogP contribution is -2.42. The summed E-state index contributed by atoms with van der Waals surface area (Å²) in [5.74, 6) is 1.74. The summed E-state index contributed by atoms with van der Waals surface area (Å²) in [6, 6.07) is 8.30. The van der Waals surface area contributed by atoms with E-state index in [4.69, 9.17) is 4.74 Å². The van der Waals surface area contributed by atoms with Crippen molar-refractivity contribution in [1.82, 2.24) is 20.1 Å². The minimum atomic E-state index is 0. The lowest BCUT2D eigenvalue weighted by atomic mass is 10.0. The van der Waals surface area contributed by atoms with E-state index < -0.39 is 0 Å². The fourth-order valence-electron chi connectivity index (χ4n) is 2.88. The molecule has 1 atom stereocenters. The quantitative estimate of drug-likeness (QED) is 0.357. The highest BCUT2D eigenvalue weighted by atomic mass is 127. The zero-order valence-electron chi connectivity index (χ0n) is 16.9. The van der Waals surface area contributed by atoms with E-state index >= 15 is 0 Å². The van der Waals surface area contributed by atoms with Gasteiger partial charge in [-0.05, 0) is 27.1 Å². The zero-order chi connectivity index (χ0) is 19.1. The summed E-state index contributed by atoms with van der Waals surface area (Å²) in [6.07, 6.45) is 0. The molecule has 1 heterocycles. The summed E-state index contributed by atoms with van der Waals surface area (Å²) >= 11 is 1.67. The van der Waals surface area contributed by atoms with Crippen molar-refractivity contribution in [2.75, 3.05) is 41.8 Å². The number of hydrogen-bond donors (Lipinski definition) is 1. The van der Waals surface area contributed by atoms with Gasteiger partial charge >= 0.3 is 0 Å². The summed E-state index contributed by atoms with van der Waals surface area (Å²) in [6.45, 7) is 3.47. The second kappa shape index (κ2) is 11.5. The van der Waals surface area contributed by atoms with Gasteiger partial charge in [0.1, 0.15) is 5.75 Å². The fraction of sp³-hybridized carbons (Fsp3) is 0.474. The van der Waals surface area contributed by atoms with Crippen LogP contribution in [0.1, 0.15) is 22.3 Å². The molecule has 150 valence electrons. The number of para-hydroxylation sites is 1. The van der Waals surface area contributed by atoms with Gasteiger partial charge in [-0.15, -0.1) is 35.3 Å². The van der Waals surface area contributed by atoms with Crippen LogP contribution < -0.4 is 10.1 Å². The Morgan fingerprint density at radius 2 is 2.00 bits per heavy atom. The largest absolute Gasteiger partial charge is 0.496 e. The first-order chi connectivity index (χ1) is 12.5. The molecule has 0 fully saturated rings. The van der Waals surface area contributed by atoms with Crippen LogP contribution in [0.25, 0.3) is 0 Å². The Morgan fingerprint density at radius 1 is 1.30 bits per heavy atom. The topological polar surface area (TPSA) is 53.0 Å². The van der Waals surface area contributed by atoms with E-state index in [2.05, 4.69) is 50.6 Å². The lowest BCUT2D eigenvalue weighted by molar-refractivity contribution is 0.285. The number of aliphatic imine (C=N–C) groups is 1. The Morgan fingerprint density at radius 3 is 2.56 bits per heavy atom. The molecule has 1 N–H and O–H groups in total. The Kier molecular flexibility index (Phi) is 10.0. The van der Waals surface area contributed by atoms with Crippen molar-refractivity contribution in [3.63, 3.8) is 0 Å². The highest BCUT2D eigenvalue weighted by Gasteiger charge is 2.19. The van der Waals surface area contributed by atoms with Crippen LogP contribution in [0.3, 0.4) is 0 Å². The minimum Gasteiger partial charge on any atom is -0.496 e. The number of nitrogens with zero attached hydrogens (tertiary/aromatic N) is 4. The number of rotatable bonds is 7. The molecule has 0 saturated heterocycles. The van der Waals surface area contributed by atoms with Gasteiger partial charge in [0.25, 0.3) is 0 Å². The highest BCUT2D eigenvalue weighted by Crippen LogP contribution is 2.27. The standard InChI is InChI=1S/C19H29N5OS.HI/c1-14-22-15(13-26-14)12-24(5)19(20-2)21-11-17(23(3)4)16-9-7-8-10-18(16)25-6;/h7-10,13,17H,11-12H2,1-6H3,(H,20,21);1H. The van der Waals surface area contributed by atoms with Crippen LogP contribution in [0, 0.1) is 6.92 Å². The maximum absolute atomic E-state index is 5.54.